The van der Waals surface area contributed by atoms with Gasteiger partial charge < -0.3 is 20.3 Å². The molecular weight excluding hydrogens is 286 g/mol. The number of rotatable bonds is 7. The molecule has 1 rings (SSSR count). The predicted octanol–water partition coefficient (Wildman–Crippen LogP) is 0.507. The second kappa shape index (κ2) is 9.38. The van der Waals surface area contributed by atoms with E-state index in [2.05, 4.69) is 10.6 Å². The Morgan fingerprint density at radius 2 is 1.77 bits per heavy atom. The monoisotopic (exact) mass is 307 g/mol. The number of nitrogens with one attached hydrogen (secondary N) is 2. The van der Waals surface area contributed by atoms with Gasteiger partial charge in [-0.2, -0.15) is 0 Å². The summed E-state index contributed by atoms with van der Waals surface area (Å²) in [7, 11) is 1.45. The van der Waals surface area contributed by atoms with Crippen LogP contribution in [-0.4, -0.2) is 49.6 Å². The third kappa shape index (κ3) is 6.74. The van der Waals surface area contributed by atoms with Crippen molar-refractivity contribution in [3.63, 3.8) is 0 Å². The van der Waals surface area contributed by atoms with Crippen LogP contribution in [-0.2, 0) is 20.9 Å². The van der Waals surface area contributed by atoms with E-state index >= 15 is 0 Å². The standard InChI is InChI=1S/C15H21N3O4/c1-3-22-15(21)18(2)11-14(20)17-10-13(19)16-9-12-7-5-4-6-8-12/h4-8H,3,9-11H2,1-2H3,(H,16,19)(H,17,20). The van der Waals surface area contributed by atoms with Crippen molar-refractivity contribution in [2.75, 3.05) is 26.7 Å². The maximum atomic E-state index is 11.6. The van der Waals surface area contributed by atoms with E-state index in [1.54, 1.807) is 6.92 Å². The van der Waals surface area contributed by atoms with Gasteiger partial charge in [-0.25, -0.2) is 4.79 Å². The summed E-state index contributed by atoms with van der Waals surface area (Å²) in [5, 5.41) is 5.14. The average molecular weight is 307 g/mol. The SMILES string of the molecule is CCOC(=O)N(C)CC(=O)NCC(=O)NCc1ccccc1. The van der Waals surface area contributed by atoms with Gasteiger partial charge in [0.15, 0.2) is 0 Å². The zero-order chi connectivity index (χ0) is 16.4. The van der Waals surface area contributed by atoms with Crippen LogP contribution in [0.4, 0.5) is 4.79 Å². The van der Waals surface area contributed by atoms with Gasteiger partial charge in [-0.1, -0.05) is 30.3 Å². The average Bonchev–Trinajstić information content (AvgIpc) is 2.52. The van der Waals surface area contributed by atoms with Crippen molar-refractivity contribution >= 4 is 17.9 Å². The van der Waals surface area contributed by atoms with Crippen molar-refractivity contribution in [2.24, 2.45) is 0 Å². The summed E-state index contributed by atoms with van der Waals surface area (Å²) in [5.41, 5.74) is 0.976. The number of hydrogen-bond acceptors (Lipinski definition) is 4. The quantitative estimate of drug-likeness (QED) is 0.768. The molecule has 0 heterocycles. The molecule has 0 saturated heterocycles. The lowest BCUT2D eigenvalue weighted by atomic mass is 10.2. The molecule has 120 valence electrons. The lowest BCUT2D eigenvalue weighted by molar-refractivity contribution is -0.126. The fourth-order valence-corrected chi connectivity index (χ4v) is 1.61. The van der Waals surface area contributed by atoms with Crippen molar-refractivity contribution in [1.82, 2.24) is 15.5 Å². The largest absolute Gasteiger partial charge is 0.450 e. The third-order valence-corrected chi connectivity index (χ3v) is 2.74. The van der Waals surface area contributed by atoms with Crippen LogP contribution in [0.25, 0.3) is 0 Å². The molecule has 1 aromatic carbocycles. The lowest BCUT2D eigenvalue weighted by Crippen LogP contribution is -2.42. The molecule has 0 saturated carbocycles. The maximum absolute atomic E-state index is 11.6. The predicted molar refractivity (Wildman–Crippen MR) is 81.0 cm³/mol. The first kappa shape index (κ1) is 17.5. The molecule has 0 aliphatic rings. The van der Waals surface area contributed by atoms with E-state index in [4.69, 9.17) is 4.74 Å². The Labute approximate surface area is 129 Å². The zero-order valence-electron chi connectivity index (χ0n) is 12.8. The molecule has 0 unspecified atom stereocenters. The van der Waals surface area contributed by atoms with Crippen molar-refractivity contribution in [3.05, 3.63) is 35.9 Å². The molecule has 1 aromatic rings. The second-order valence-electron chi connectivity index (χ2n) is 4.59. The van der Waals surface area contributed by atoms with Crippen molar-refractivity contribution in [2.45, 2.75) is 13.5 Å². The summed E-state index contributed by atoms with van der Waals surface area (Å²) in [6.07, 6.45) is -0.578. The number of amides is 3. The first-order valence-corrected chi connectivity index (χ1v) is 6.98. The molecule has 0 bridgehead atoms. The van der Waals surface area contributed by atoms with Crippen molar-refractivity contribution in [3.8, 4) is 0 Å². The smallest absolute Gasteiger partial charge is 0.409 e. The number of benzene rings is 1. The Balaban J connectivity index is 2.23. The van der Waals surface area contributed by atoms with Gasteiger partial charge in [0.05, 0.1) is 13.2 Å². The number of ether oxygens (including phenoxy) is 1. The molecule has 0 spiro atoms. The Hall–Kier alpha value is -2.57. The molecule has 2 N–H and O–H groups in total. The molecule has 7 nitrogen and oxygen atoms in total. The number of likely N-dealkylation sites (N-methyl/N-ethyl adjacent to an activating group) is 1. The van der Waals surface area contributed by atoms with E-state index in [0.717, 1.165) is 10.5 Å². The van der Waals surface area contributed by atoms with E-state index < -0.39 is 12.0 Å². The summed E-state index contributed by atoms with van der Waals surface area (Å²) in [5.74, 6) is -0.721. The highest BCUT2D eigenvalue weighted by molar-refractivity contribution is 5.87. The lowest BCUT2D eigenvalue weighted by Gasteiger charge is -2.15. The number of hydrogen-bond donors (Lipinski definition) is 2. The molecule has 3 amide bonds. The first-order valence-electron chi connectivity index (χ1n) is 6.98. The highest BCUT2D eigenvalue weighted by Crippen LogP contribution is 1.96. The minimum atomic E-state index is -0.578. The minimum Gasteiger partial charge on any atom is -0.450 e. The Bertz CT molecular complexity index is 505. The summed E-state index contributed by atoms with van der Waals surface area (Å²) in [6.45, 7) is 2.03. The van der Waals surface area contributed by atoms with Crippen LogP contribution in [0.1, 0.15) is 12.5 Å². The maximum Gasteiger partial charge on any atom is 0.409 e. The first-order chi connectivity index (χ1) is 10.5. The number of carbonyl (C=O) groups is 3. The molecular formula is C15H21N3O4. The van der Waals surface area contributed by atoms with Crippen LogP contribution in [0.3, 0.4) is 0 Å². The van der Waals surface area contributed by atoms with E-state index in [1.807, 2.05) is 30.3 Å². The van der Waals surface area contributed by atoms with Gasteiger partial charge in [-0.3, -0.25) is 9.59 Å². The summed E-state index contributed by atoms with van der Waals surface area (Å²) in [6, 6.07) is 9.45. The van der Waals surface area contributed by atoms with Crippen LogP contribution < -0.4 is 10.6 Å². The molecule has 0 aliphatic carbocycles. The highest BCUT2D eigenvalue weighted by Gasteiger charge is 2.13. The Morgan fingerprint density at radius 1 is 1.09 bits per heavy atom. The van der Waals surface area contributed by atoms with Crippen LogP contribution in [0.2, 0.25) is 0 Å². The van der Waals surface area contributed by atoms with Crippen LogP contribution in [0.15, 0.2) is 30.3 Å². The van der Waals surface area contributed by atoms with E-state index in [9.17, 15) is 14.4 Å². The normalized spacial score (nSPS) is 9.73. The fourth-order valence-electron chi connectivity index (χ4n) is 1.61. The second-order valence-corrected chi connectivity index (χ2v) is 4.59. The van der Waals surface area contributed by atoms with E-state index in [1.165, 1.54) is 7.05 Å². The van der Waals surface area contributed by atoms with Crippen LogP contribution in [0.5, 0.6) is 0 Å². The topological polar surface area (TPSA) is 87.7 Å². The molecule has 22 heavy (non-hydrogen) atoms. The summed E-state index contributed by atoms with van der Waals surface area (Å²) in [4.78, 5) is 35.7. The fraction of sp³-hybridized carbons (Fsp3) is 0.400. The van der Waals surface area contributed by atoms with Gasteiger partial charge in [0.2, 0.25) is 11.8 Å². The third-order valence-electron chi connectivity index (χ3n) is 2.74. The minimum absolute atomic E-state index is 0.137. The van der Waals surface area contributed by atoms with Gasteiger partial charge in [0, 0.05) is 13.6 Å². The van der Waals surface area contributed by atoms with E-state index in [-0.39, 0.29) is 25.6 Å². The molecule has 0 aromatic heterocycles. The summed E-state index contributed by atoms with van der Waals surface area (Å²) >= 11 is 0. The number of carbonyl (C=O) groups excluding carboxylic acids is 3. The molecule has 0 fully saturated rings. The van der Waals surface area contributed by atoms with Gasteiger partial charge in [-0.15, -0.1) is 0 Å². The number of nitrogens with zero attached hydrogens (tertiary/aromatic N) is 1. The van der Waals surface area contributed by atoms with Gasteiger partial charge in [0.25, 0.3) is 0 Å². The zero-order valence-corrected chi connectivity index (χ0v) is 12.8. The Kier molecular flexibility index (Phi) is 7.45. The molecule has 0 radical (unpaired) electrons. The van der Waals surface area contributed by atoms with Crippen LogP contribution >= 0.6 is 0 Å². The highest BCUT2D eigenvalue weighted by atomic mass is 16.6. The molecule has 0 aliphatic heterocycles. The van der Waals surface area contributed by atoms with Gasteiger partial charge >= 0.3 is 6.09 Å². The van der Waals surface area contributed by atoms with Crippen LogP contribution in [0, 0.1) is 0 Å². The summed E-state index contributed by atoms with van der Waals surface area (Å²) < 4.78 is 4.75. The van der Waals surface area contributed by atoms with Crippen molar-refractivity contribution in [1.29, 1.82) is 0 Å². The Morgan fingerprint density at radius 3 is 2.41 bits per heavy atom. The van der Waals surface area contributed by atoms with Crippen molar-refractivity contribution < 1.29 is 19.1 Å². The molecule has 7 heteroatoms. The van der Waals surface area contributed by atoms with Gasteiger partial charge in [0.1, 0.15) is 6.54 Å². The van der Waals surface area contributed by atoms with E-state index in [0.29, 0.717) is 6.54 Å². The van der Waals surface area contributed by atoms with Gasteiger partial charge in [-0.05, 0) is 12.5 Å². The molecule has 0 atom stereocenters.